The summed E-state index contributed by atoms with van der Waals surface area (Å²) >= 11 is 5.74. The van der Waals surface area contributed by atoms with E-state index >= 15 is 0 Å². The number of carbonyl (C=O) groups excluding carboxylic acids is 1. The van der Waals surface area contributed by atoms with Crippen LogP contribution in [-0.2, 0) is 9.53 Å². The van der Waals surface area contributed by atoms with Crippen LogP contribution in [0.1, 0.15) is 38.5 Å². The third-order valence-electron chi connectivity index (χ3n) is 3.90. The number of carbonyl (C=O) groups is 1. The lowest BCUT2D eigenvalue weighted by atomic mass is 9.98. The van der Waals surface area contributed by atoms with Crippen molar-refractivity contribution in [3.63, 3.8) is 0 Å². The minimum atomic E-state index is 0.209. The van der Waals surface area contributed by atoms with E-state index in [4.69, 9.17) is 16.3 Å². The van der Waals surface area contributed by atoms with Crippen LogP contribution in [0.2, 0.25) is 0 Å². The molecule has 0 aliphatic carbocycles. The molecule has 98 valence electrons. The van der Waals surface area contributed by atoms with E-state index in [-0.39, 0.29) is 5.92 Å². The number of hydrogen-bond acceptors (Lipinski definition) is 2. The molecule has 2 aliphatic rings. The fourth-order valence-electron chi connectivity index (χ4n) is 2.92. The van der Waals surface area contributed by atoms with E-state index in [0.717, 1.165) is 58.3 Å². The molecule has 17 heavy (non-hydrogen) atoms. The van der Waals surface area contributed by atoms with Gasteiger partial charge < -0.3 is 9.64 Å². The number of ether oxygens (including phenoxy) is 1. The molecule has 4 heteroatoms. The monoisotopic (exact) mass is 259 g/mol. The maximum Gasteiger partial charge on any atom is 0.226 e. The van der Waals surface area contributed by atoms with Crippen LogP contribution in [0.15, 0.2) is 0 Å². The number of nitrogens with zero attached hydrogens (tertiary/aromatic N) is 1. The largest absolute Gasteiger partial charge is 0.381 e. The first-order valence-corrected chi connectivity index (χ1v) is 7.30. The SMILES string of the molecule is O=C(C1CCOCC1)N1CCCC1CCCCl. The Bertz CT molecular complexity index is 254. The molecule has 0 N–H and O–H groups in total. The van der Waals surface area contributed by atoms with Crippen molar-refractivity contribution < 1.29 is 9.53 Å². The maximum absolute atomic E-state index is 12.4. The Kier molecular flexibility index (Phi) is 5.11. The standard InChI is InChI=1S/C13H22ClNO2/c14-7-1-3-12-4-2-8-15(12)13(16)11-5-9-17-10-6-11/h11-12H,1-10H2. The van der Waals surface area contributed by atoms with Gasteiger partial charge in [0.15, 0.2) is 0 Å². The van der Waals surface area contributed by atoms with Gasteiger partial charge in [0.05, 0.1) is 0 Å². The summed E-state index contributed by atoms with van der Waals surface area (Å²) in [7, 11) is 0. The fourth-order valence-corrected chi connectivity index (χ4v) is 3.07. The van der Waals surface area contributed by atoms with Crippen molar-refractivity contribution in [2.75, 3.05) is 25.6 Å². The zero-order valence-electron chi connectivity index (χ0n) is 10.4. The number of amides is 1. The molecule has 1 amide bonds. The van der Waals surface area contributed by atoms with E-state index in [1.807, 2.05) is 0 Å². The van der Waals surface area contributed by atoms with Crippen LogP contribution in [0.4, 0.5) is 0 Å². The van der Waals surface area contributed by atoms with Gasteiger partial charge in [-0.15, -0.1) is 11.6 Å². The zero-order valence-corrected chi connectivity index (χ0v) is 11.1. The summed E-state index contributed by atoms with van der Waals surface area (Å²) in [6, 6.07) is 0.448. The Morgan fingerprint density at radius 1 is 1.29 bits per heavy atom. The van der Waals surface area contributed by atoms with Gasteiger partial charge in [0.2, 0.25) is 5.91 Å². The highest BCUT2D eigenvalue weighted by Crippen LogP contribution is 2.26. The molecule has 2 saturated heterocycles. The average molecular weight is 260 g/mol. The van der Waals surface area contributed by atoms with Crippen LogP contribution in [-0.4, -0.2) is 42.5 Å². The van der Waals surface area contributed by atoms with Gasteiger partial charge in [-0.05, 0) is 38.5 Å². The maximum atomic E-state index is 12.4. The Labute approximate surface area is 108 Å². The fraction of sp³-hybridized carbons (Fsp3) is 0.923. The Morgan fingerprint density at radius 3 is 2.76 bits per heavy atom. The Balaban J connectivity index is 1.88. The highest BCUT2D eigenvalue weighted by Gasteiger charge is 2.33. The number of rotatable bonds is 4. The lowest BCUT2D eigenvalue weighted by Crippen LogP contribution is -2.41. The topological polar surface area (TPSA) is 29.5 Å². The smallest absolute Gasteiger partial charge is 0.226 e. The first-order valence-electron chi connectivity index (χ1n) is 6.77. The van der Waals surface area contributed by atoms with E-state index in [1.165, 1.54) is 0 Å². The van der Waals surface area contributed by atoms with Gasteiger partial charge in [-0.1, -0.05) is 0 Å². The number of alkyl halides is 1. The van der Waals surface area contributed by atoms with Crippen LogP contribution in [0.25, 0.3) is 0 Å². The van der Waals surface area contributed by atoms with Crippen LogP contribution in [0, 0.1) is 5.92 Å². The summed E-state index contributed by atoms with van der Waals surface area (Å²) in [6.45, 7) is 2.44. The van der Waals surface area contributed by atoms with E-state index in [1.54, 1.807) is 0 Å². The van der Waals surface area contributed by atoms with Gasteiger partial charge in [-0.2, -0.15) is 0 Å². The second-order valence-electron chi connectivity index (χ2n) is 5.05. The predicted octanol–water partition coefficient (Wildman–Crippen LogP) is 2.42. The molecule has 0 saturated carbocycles. The van der Waals surface area contributed by atoms with Crippen molar-refractivity contribution in [2.24, 2.45) is 5.92 Å². The van der Waals surface area contributed by atoms with E-state index < -0.39 is 0 Å². The molecule has 0 aromatic heterocycles. The van der Waals surface area contributed by atoms with E-state index in [0.29, 0.717) is 17.8 Å². The van der Waals surface area contributed by atoms with Crippen molar-refractivity contribution in [1.82, 2.24) is 4.90 Å². The van der Waals surface area contributed by atoms with Gasteiger partial charge in [0, 0.05) is 37.6 Å². The summed E-state index contributed by atoms with van der Waals surface area (Å²) in [4.78, 5) is 14.5. The van der Waals surface area contributed by atoms with Gasteiger partial charge in [-0.3, -0.25) is 4.79 Å². The molecule has 0 bridgehead atoms. The second kappa shape index (κ2) is 6.60. The normalized spacial score (nSPS) is 26.4. The van der Waals surface area contributed by atoms with Gasteiger partial charge in [0.1, 0.15) is 0 Å². The molecule has 2 heterocycles. The minimum Gasteiger partial charge on any atom is -0.381 e. The quantitative estimate of drug-likeness (QED) is 0.726. The van der Waals surface area contributed by atoms with E-state index in [2.05, 4.69) is 4.90 Å². The Hall–Kier alpha value is -0.280. The molecule has 0 aromatic carbocycles. The van der Waals surface area contributed by atoms with Crippen molar-refractivity contribution >= 4 is 17.5 Å². The van der Waals surface area contributed by atoms with E-state index in [9.17, 15) is 4.79 Å². The number of hydrogen-bond donors (Lipinski definition) is 0. The second-order valence-corrected chi connectivity index (χ2v) is 5.42. The molecular formula is C13H22ClNO2. The number of halogens is 1. The Morgan fingerprint density at radius 2 is 2.06 bits per heavy atom. The van der Waals surface area contributed by atoms with Crippen molar-refractivity contribution in [3.8, 4) is 0 Å². The molecule has 0 radical (unpaired) electrons. The first-order chi connectivity index (χ1) is 8.33. The van der Waals surface area contributed by atoms with Gasteiger partial charge >= 0.3 is 0 Å². The highest BCUT2D eigenvalue weighted by molar-refractivity contribution is 6.17. The summed E-state index contributed by atoms with van der Waals surface area (Å²) in [5, 5.41) is 0. The van der Waals surface area contributed by atoms with Crippen LogP contribution >= 0.6 is 11.6 Å². The summed E-state index contributed by atoms with van der Waals surface area (Å²) in [5.74, 6) is 1.28. The lowest BCUT2D eigenvalue weighted by molar-refractivity contribution is -0.139. The van der Waals surface area contributed by atoms with Crippen molar-refractivity contribution in [1.29, 1.82) is 0 Å². The van der Waals surface area contributed by atoms with Crippen LogP contribution < -0.4 is 0 Å². The molecule has 1 unspecified atom stereocenters. The summed E-state index contributed by atoms with van der Waals surface area (Å²) in [6.07, 6.45) is 6.20. The third kappa shape index (κ3) is 3.35. The molecule has 2 fully saturated rings. The zero-order chi connectivity index (χ0) is 12.1. The summed E-state index contributed by atoms with van der Waals surface area (Å²) < 4.78 is 5.32. The van der Waals surface area contributed by atoms with Crippen LogP contribution in [0.5, 0.6) is 0 Å². The van der Waals surface area contributed by atoms with Gasteiger partial charge in [-0.25, -0.2) is 0 Å². The molecule has 3 nitrogen and oxygen atoms in total. The molecular weight excluding hydrogens is 238 g/mol. The molecule has 1 atom stereocenters. The highest BCUT2D eigenvalue weighted by atomic mass is 35.5. The lowest BCUT2D eigenvalue weighted by Gasteiger charge is -2.30. The summed E-state index contributed by atoms with van der Waals surface area (Å²) in [5.41, 5.74) is 0. The molecule has 2 rings (SSSR count). The molecule has 0 spiro atoms. The first kappa shape index (κ1) is 13.2. The molecule has 0 aromatic rings. The van der Waals surface area contributed by atoms with Crippen molar-refractivity contribution in [3.05, 3.63) is 0 Å². The number of likely N-dealkylation sites (tertiary alicyclic amines) is 1. The van der Waals surface area contributed by atoms with Crippen LogP contribution in [0.3, 0.4) is 0 Å². The average Bonchev–Trinajstić information content (AvgIpc) is 2.84. The third-order valence-corrected chi connectivity index (χ3v) is 4.17. The van der Waals surface area contributed by atoms with Gasteiger partial charge in [0.25, 0.3) is 0 Å². The predicted molar refractivity (Wildman–Crippen MR) is 68.2 cm³/mol. The minimum absolute atomic E-state index is 0.209. The van der Waals surface area contributed by atoms with Crippen molar-refractivity contribution in [2.45, 2.75) is 44.6 Å². The molecule has 2 aliphatic heterocycles.